The minimum absolute atomic E-state index is 0.146. The predicted octanol–water partition coefficient (Wildman–Crippen LogP) is 2.69. The Balaban J connectivity index is 2.06. The number of piperidine rings is 1. The maximum atomic E-state index is 12.7. The van der Waals surface area contributed by atoms with E-state index in [-0.39, 0.29) is 31.8 Å². The van der Waals surface area contributed by atoms with E-state index in [1.54, 1.807) is 16.5 Å². The maximum absolute atomic E-state index is 12.7. The second kappa shape index (κ2) is 7.13. The fourth-order valence-electron chi connectivity index (χ4n) is 3.28. The molecule has 1 aromatic rings. The number of halogens is 3. The van der Waals surface area contributed by atoms with Gasteiger partial charge >= 0.3 is 6.18 Å². The number of nitrogens with zero attached hydrogens (tertiary/aromatic N) is 3. The number of carbonyl (C=O) groups excluding carboxylic acids is 1. The van der Waals surface area contributed by atoms with E-state index in [0.717, 1.165) is 18.7 Å². The molecule has 24 heavy (non-hydrogen) atoms. The molecule has 0 saturated carbocycles. The summed E-state index contributed by atoms with van der Waals surface area (Å²) in [7, 11) is 0. The number of likely N-dealkylation sites (tertiary alicyclic amines) is 1. The summed E-state index contributed by atoms with van der Waals surface area (Å²) in [5, 5.41) is 13.7. The molecule has 5 nitrogen and oxygen atoms in total. The van der Waals surface area contributed by atoms with Gasteiger partial charge in [-0.3, -0.25) is 9.48 Å². The average Bonchev–Trinajstić information content (AvgIpc) is 2.80. The average molecular weight is 347 g/mol. The van der Waals surface area contributed by atoms with Crippen molar-refractivity contribution in [1.29, 1.82) is 0 Å². The number of aliphatic hydroxyl groups excluding tert-OH is 1. The molecule has 0 bridgehead atoms. The maximum Gasteiger partial charge on any atom is 0.414 e. The van der Waals surface area contributed by atoms with Crippen LogP contribution in [0, 0.1) is 19.8 Å². The van der Waals surface area contributed by atoms with Gasteiger partial charge in [0.2, 0.25) is 0 Å². The van der Waals surface area contributed by atoms with E-state index in [1.165, 1.54) is 0 Å². The van der Waals surface area contributed by atoms with Crippen molar-refractivity contribution in [3.05, 3.63) is 17.0 Å². The van der Waals surface area contributed by atoms with E-state index in [1.807, 2.05) is 13.8 Å². The van der Waals surface area contributed by atoms with Crippen LogP contribution in [0.2, 0.25) is 0 Å². The number of aromatic nitrogens is 2. The molecule has 0 aliphatic carbocycles. The van der Waals surface area contributed by atoms with Crippen LogP contribution in [0.4, 0.5) is 13.2 Å². The number of carbonyl (C=O) groups is 1. The Morgan fingerprint density at radius 1 is 1.33 bits per heavy atom. The lowest BCUT2D eigenvalue weighted by molar-refractivity contribution is -0.222. The second-order valence-electron chi connectivity index (χ2n) is 6.39. The van der Waals surface area contributed by atoms with Gasteiger partial charge in [0, 0.05) is 25.3 Å². The summed E-state index contributed by atoms with van der Waals surface area (Å²) in [6.45, 7) is 6.78. The van der Waals surface area contributed by atoms with Gasteiger partial charge in [0.05, 0.1) is 11.3 Å². The van der Waals surface area contributed by atoms with Crippen molar-refractivity contribution in [1.82, 2.24) is 14.7 Å². The quantitative estimate of drug-likeness (QED) is 0.911. The van der Waals surface area contributed by atoms with Crippen LogP contribution in [0.1, 0.15) is 47.9 Å². The molecule has 2 heterocycles. The fourth-order valence-corrected chi connectivity index (χ4v) is 3.28. The Bertz CT molecular complexity index is 590. The molecule has 0 spiro atoms. The number of aryl methyl sites for hydroxylation is 2. The van der Waals surface area contributed by atoms with Crippen molar-refractivity contribution < 1.29 is 23.1 Å². The molecule has 0 radical (unpaired) electrons. The monoisotopic (exact) mass is 347 g/mol. The molecule has 8 heteroatoms. The number of rotatable bonds is 4. The number of amides is 1. The Kier molecular flexibility index (Phi) is 5.57. The summed E-state index contributed by atoms with van der Waals surface area (Å²) in [5.41, 5.74) is 1.97. The van der Waals surface area contributed by atoms with Gasteiger partial charge in [-0.15, -0.1) is 0 Å². The van der Waals surface area contributed by atoms with Crippen molar-refractivity contribution in [3.8, 4) is 0 Å². The summed E-state index contributed by atoms with van der Waals surface area (Å²) >= 11 is 0. The molecule has 136 valence electrons. The van der Waals surface area contributed by atoms with Crippen LogP contribution < -0.4 is 0 Å². The zero-order valence-electron chi connectivity index (χ0n) is 14.2. The third-order valence-corrected chi connectivity index (χ3v) is 4.64. The molecule has 2 rings (SSSR count). The number of hydrogen-bond donors (Lipinski definition) is 1. The van der Waals surface area contributed by atoms with Crippen LogP contribution in [0.3, 0.4) is 0 Å². The molecule has 1 atom stereocenters. The first kappa shape index (κ1) is 18.8. The normalized spacial score (nSPS) is 18.0. The highest BCUT2D eigenvalue weighted by Crippen LogP contribution is 2.32. The highest BCUT2D eigenvalue weighted by atomic mass is 19.4. The van der Waals surface area contributed by atoms with Crippen molar-refractivity contribution in [2.24, 2.45) is 5.92 Å². The SMILES string of the molecule is CCCn1nc(C)c(C(=O)N2CCC(C(O)C(F)(F)F)CC2)c1C. The summed E-state index contributed by atoms with van der Waals surface area (Å²) in [5.74, 6) is -1.04. The molecular weight excluding hydrogens is 323 g/mol. The Morgan fingerprint density at radius 3 is 2.42 bits per heavy atom. The number of hydrogen-bond acceptors (Lipinski definition) is 3. The van der Waals surface area contributed by atoms with Gasteiger partial charge in [-0.2, -0.15) is 18.3 Å². The van der Waals surface area contributed by atoms with Crippen molar-refractivity contribution in [2.75, 3.05) is 13.1 Å². The van der Waals surface area contributed by atoms with E-state index in [2.05, 4.69) is 5.10 Å². The largest absolute Gasteiger partial charge is 0.414 e. The lowest BCUT2D eigenvalue weighted by Crippen LogP contribution is -2.45. The lowest BCUT2D eigenvalue weighted by Gasteiger charge is -2.34. The fraction of sp³-hybridized carbons (Fsp3) is 0.750. The van der Waals surface area contributed by atoms with Crippen LogP contribution >= 0.6 is 0 Å². The van der Waals surface area contributed by atoms with Crippen LogP contribution in [-0.4, -0.2) is 51.1 Å². The summed E-state index contributed by atoms with van der Waals surface area (Å²) in [6, 6.07) is 0. The third-order valence-electron chi connectivity index (χ3n) is 4.64. The predicted molar refractivity (Wildman–Crippen MR) is 82.7 cm³/mol. The van der Waals surface area contributed by atoms with Gasteiger partial charge in [0.15, 0.2) is 6.10 Å². The van der Waals surface area contributed by atoms with Gasteiger partial charge in [-0.1, -0.05) is 6.92 Å². The Labute approximate surface area is 139 Å². The smallest absolute Gasteiger partial charge is 0.383 e. The topological polar surface area (TPSA) is 58.4 Å². The van der Waals surface area contributed by atoms with E-state index < -0.39 is 18.2 Å². The van der Waals surface area contributed by atoms with Crippen LogP contribution in [0.25, 0.3) is 0 Å². The Hall–Kier alpha value is -1.57. The molecule has 0 aromatic carbocycles. The molecule has 1 N–H and O–H groups in total. The van der Waals surface area contributed by atoms with E-state index in [4.69, 9.17) is 0 Å². The zero-order valence-corrected chi connectivity index (χ0v) is 14.2. The minimum Gasteiger partial charge on any atom is -0.383 e. The van der Waals surface area contributed by atoms with Gasteiger partial charge in [-0.05, 0) is 39.0 Å². The zero-order chi connectivity index (χ0) is 18.1. The van der Waals surface area contributed by atoms with E-state index in [0.29, 0.717) is 11.3 Å². The van der Waals surface area contributed by atoms with Crippen molar-refractivity contribution >= 4 is 5.91 Å². The van der Waals surface area contributed by atoms with Gasteiger partial charge < -0.3 is 10.0 Å². The van der Waals surface area contributed by atoms with Crippen molar-refractivity contribution in [2.45, 2.75) is 58.9 Å². The van der Waals surface area contributed by atoms with E-state index >= 15 is 0 Å². The first-order chi connectivity index (χ1) is 11.2. The molecule has 1 aromatic heterocycles. The molecule has 1 unspecified atom stereocenters. The van der Waals surface area contributed by atoms with Gasteiger partial charge in [0.25, 0.3) is 5.91 Å². The van der Waals surface area contributed by atoms with Gasteiger partial charge in [0.1, 0.15) is 0 Å². The second-order valence-corrected chi connectivity index (χ2v) is 6.39. The molecule has 1 aliphatic heterocycles. The van der Waals surface area contributed by atoms with Gasteiger partial charge in [-0.25, -0.2) is 0 Å². The van der Waals surface area contributed by atoms with Crippen LogP contribution in [0.5, 0.6) is 0 Å². The highest BCUT2D eigenvalue weighted by molar-refractivity contribution is 5.96. The van der Waals surface area contributed by atoms with E-state index in [9.17, 15) is 23.1 Å². The molecule has 1 amide bonds. The molecular formula is C16H24F3N3O2. The standard InChI is InChI=1S/C16H24F3N3O2/c1-4-7-22-11(3)13(10(2)20-22)15(24)21-8-5-12(6-9-21)14(23)16(17,18)19/h12,14,23H,4-9H2,1-3H3. The summed E-state index contributed by atoms with van der Waals surface area (Å²) < 4.78 is 39.6. The Morgan fingerprint density at radius 2 is 1.92 bits per heavy atom. The first-order valence-corrected chi connectivity index (χ1v) is 8.24. The number of alkyl halides is 3. The molecule has 1 saturated heterocycles. The lowest BCUT2D eigenvalue weighted by atomic mass is 9.90. The van der Waals surface area contributed by atoms with Crippen molar-refractivity contribution in [3.63, 3.8) is 0 Å². The third kappa shape index (κ3) is 3.74. The summed E-state index contributed by atoms with van der Waals surface area (Å²) in [6.07, 6.45) is -5.73. The minimum atomic E-state index is -4.61. The molecule has 1 fully saturated rings. The highest BCUT2D eigenvalue weighted by Gasteiger charge is 2.44. The number of aliphatic hydroxyl groups is 1. The molecule has 1 aliphatic rings. The first-order valence-electron chi connectivity index (χ1n) is 8.24. The van der Waals surface area contributed by atoms with Crippen LogP contribution in [0.15, 0.2) is 0 Å². The summed E-state index contributed by atoms with van der Waals surface area (Å²) in [4.78, 5) is 14.3. The van der Waals surface area contributed by atoms with Crippen LogP contribution in [-0.2, 0) is 6.54 Å².